The number of amides is 2. The minimum Gasteiger partial charge on any atom is -0.484 e. The van der Waals surface area contributed by atoms with Crippen LogP contribution in [0.1, 0.15) is 0 Å². The maximum Gasteiger partial charge on any atom is 0.260 e. The van der Waals surface area contributed by atoms with Crippen molar-refractivity contribution in [1.29, 1.82) is 0 Å². The smallest absolute Gasteiger partial charge is 0.260 e. The second kappa shape index (κ2) is 10.5. The molecule has 158 valence electrons. The normalized spacial score (nSPS) is 14.2. The average Bonchev–Trinajstić information content (AvgIpc) is 2.78. The van der Waals surface area contributed by atoms with E-state index in [0.29, 0.717) is 38.5 Å². The Morgan fingerprint density at radius 3 is 2.33 bits per heavy atom. The quantitative estimate of drug-likeness (QED) is 0.627. The monoisotopic (exact) mass is 411 g/mol. The number of para-hydroxylation sites is 1. The van der Waals surface area contributed by atoms with Crippen LogP contribution >= 0.6 is 0 Å². The molecule has 1 aliphatic heterocycles. The summed E-state index contributed by atoms with van der Waals surface area (Å²) in [5, 5.41) is 0. The third-order valence-electron chi connectivity index (χ3n) is 4.94. The topological polar surface area (TPSA) is 53.1 Å². The molecule has 2 aromatic carbocycles. The lowest BCUT2D eigenvalue weighted by molar-refractivity contribution is -0.135. The second-order valence-electron chi connectivity index (χ2n) is 7.03. The van der Waals surface area contributed by atoms with Crippen LogP contribution in [-0.2, 0) is 9.59 Å². The molecule has 3 rings (SSSR count). The highest BCUT2D eigenvalue weighted by molar-refractivity contribution is 5.95. The van der Waals surface area contributed by atoms with Gasteiger partial charge in [-0.25, -0.2) is 4.39 Å². The summed E-state index contributed by atoms with van der Waals surface area (Å²) in [4.78, 5) is 30.7. The summed E-state index contributed by atoms with van der Waals surface area (Å²) in [6, 6.07) is 15.1. The maximum absolute atomic E-state index is 12.9. The van der Waals surface area contributed by atoms with E-state index in [4.69, 9.17) is 4.74 Å². The summed E-state index contributed by atoms with van der Waals surface area (Å²) in [6.07, 6.45) is 1.71. The SMILES string of the molecule is C=CCN(C(=O)CN1CCN(C(=O)COc2ccc(F)cc2)CC1)c1ccccc1. The van der Waals surface area contributed by atoms with E-state index in [-0.39, 0.29) is 30.8 Å². The zero-order valence-corrected chi connectivity index (χ0v) is 16.9. The summed E-state index contributed by atoms with van der Waals surface area (Å²) in [5.41, 5.74) is 0.842. The van der Waals surface area contributed by atoms with E-state index in [1.54, 1.807) is 15.9 Å². The number of anilines is 1. The number of hydrogen-bond acceptors (Lipinski definition) is 4. The van der Waals surface area contributed by atoms with Gasteiger partial charge in [0.1, 0.15) is 11.6 Å². The van der Waals surface area contributed by atoms with Gasteiger partial charge in [0, 0.05) is 38.4 Å². The molecule has 2 amide bonds. The van der Waals surface area contributed by atoms with Crippen molar-refractivity contribution in [3.8, 4) is 5.75 Å². The van der Waals surface area contributed by atoms with E-state index in [1.807, 2.05) is 35.2 Å². The first-order valence-corrected chi connectivity index (χ1v) is 9.91. The molecule has 1 heterocycles. The molecular weight excluding hydrogens is 385 g/mol. The van der Waals surface area contributed by atoms with Crippen molar-refractivity contribution in [2.24, 2.45) is 0 Å². The van der Waals surface area contributed by atoms with Gasteiger partial charge in [-0.3, -0.25) is 14.5 Å². The van der Waals surface area contributed by atoms with Crippen LogP contribution in [0.25, 0.3) is 0 Å². The van der Waals surface area contributed by atoms with Gasteiger partial charge in [0.15, 0.2) is 6.61 Å². The third-order valence-corrected chi connectivity index (χ3v) is 4.94. The van der Waals surface area contributed by atoms with Gasteiger partial charge >= 0.3 is 0 Å². The van der Waals surface area contributed by atoms with Crippen molar-refractivity contribution in [2.45, 2.75) is 0 Å². The van der Waals surface area contributed by atoms with Crippen LogP contribution in [0.4, 0.5) is 10.1 Å². The number of carbonyl (C=O) groups is 2. The first-order chi connectivity index (χ1) is 14.6. The van der Waals surface area contributed by atoms with Gasteiger partial charge in [-0.05, 0) is 36.4 Å². The molecule has 2 aromatic rings. The molecule has 1 aliphatic rings. The zero-order chi connectivity index (χ0) is 21.3. The standard InChI is InChI=1S/C23H26FN3O3/c1-2-12-27(20-6-4-3-5-7-20)22(28)17-25-13-15-26(16-14-25)23(29)18-30-21-10-8-19(24)9-11-21/h2-11H,1,12-18H2. The van der Waals surface area contributed by atoms with E-state index < -0.39 is 0 Å². The molecule has 1 fully saturated rings. The lowest BCUT2D eigenvalue weighted by Gasteiger charge is -2.35. The molecule has 0 spiro atoms. The molecule has 0 radical (unpaired) electrons. The Morgan fingerprint density at radius 2 is 1.70 bits per heavy atom. The Bertz CT molecular complexity index is 850. The minimum atomic E-state index is -0.349. The van der Waals surface area contributed by atoms with Crippen LogP contribution in [-0.4, -0.2) is 67.5 Å². The van der Waals surface area contributed by atoms with Gasteiger partial charge in [0.2, 0.25) is 5.91 Å². The zero-order valence-electron chi connectivity index (χ0n) is 16.9. The number of nitrogens with zero attached hydrogens (tertiary/aromatic N) is 3. The summed E-state index contributed by atoms with van der Waals surface area (Å²) >= 11 is 0. The highest BCUT2D eigenvalue weighted by atomic mass is 19.1. The molecular formula is C23H26FN3O3. The maximum atomic E-state index is 12.9. The van der Waals surface area contributed by atoms with Crippen LogP contribution in [0.5, 0.6) is 5.75 Å². The summed E-state index contributed by atoms with van der Waals surface area (Å²) in [6.45, 7) is 6.69. The number of benzene rings is 2. The number of piperazine rings is 1. The van der Waals surface area contributed by atoms with E-state index in [9.17, 15) is 14.0 Å². The van der Waals surface area contributed by atoms with E-state index in [2.05, 4.69) is 6.58 Å². The van der Waals surface area contributed by atoms with Crippen molar-refractivity contribution in [1.82, 2.24) is 9.80 Å². The van der Waals surface area contributed by atoms with Crippen molar-refractivity contribution >= 4 is 17.5 Å². The van der Waals surface area contributed by atoms with E-state index in [1.165, 1.54) is 24.3 Å². The lowest BCUT2D eigenvalue weighted by Crippen LogP contribution is -2.52. The molecule has 6 nitrogen and oxygen atoms in total. The number of ether oxygens (including phenoxy) is 1. The van der Waals surface area contributed by atoms with E-state index in [0.717, 1.165) is 5.69 Å². The van der Waals surface area contributed by atoms with Crippen LogP contribution < -0.4 is 9.64 Å². The van der Waals surface area contributed by atoms with Gasteiger partial charge in [-0.2, -0.15) is 0 Å². The summed E-state index contributed by atoms with van der Waals surface area (Å²) < 4.78 is 18.4. The van der Waals surface area contributed by atoms with Gasteiger partial charge < -0.3 is 14.5 Å². The molecule has 0 saturated carbocycles. The van der Waals surface area contributed by atoms with E-state index >= 15 is 0 Å². The van der Waals surface area contributed by atoms with Gasteiger partial charge in [-0.15, -0.1) is 6.58 Å². The van der Waals surface area contributed by atoms with Crippen LogP contribution in [0.2, 0.25) is 0 Å². The Balaban J connectivity index is 1.46. The minimum absolute atomic E-state index is 0.000481. The molecule has 0 bridgehead atoms. The molecule has 7 heteroatoms. The van der Waals surface area contributed by atoms with Crippen molar-refractivity contribution in [3.05, 3.63) is 73.1 Å². The molecule has 0 atom stereocenters. The fourth-order valence-corrected chi connectivity index (χ4v) is 3.29. The Morgan fingerprint density at radius 1 is 1.03 bits per heavy atom. The number of rotatable bonds is 8. The highest BCUT2D eigenvalue weighted by Gasteiger charge is 2.24. The van der Waals surface area contributed by atoms with Crippen molar-refractivity contribution < 1.29 is 18.7 Å². The predicted molar refractivity (Wildman–Crippen MR) is 114 cm³/mol. The Hall–Kier alpha value is -3.19. The molecule has 0 N–H and O–H groups in total. The second-order valence-corrected chi connectivity index (χ2v) is 7.03. The number of halogens is 1. The van der Waals surface area contributed by atoms with Crippen molar-refractivity contribution in [3.63, 3.8) is 0 Å². The van der Waals surface area contributed by atoms with Crippen molar-refractivity contribution in [2.75, 3.05) is 50.8 Å². The third kappa shape index (κ3) is 5.90. The summed E-state index contributed by atoms with van der Waals surface area (Å²) in [5.74, 6) is -0.0149. The molecule has 0 aromatic heterocycles. The molecule has 0 unspecified atom stereocenters. The first-order valence-electron chi connectivity index (χ1n) is 9.91. The van der Waals surface area contributed by atoms with Gasteiger partial charge in [0.25, 0.3) is 5.91 Å². The predicted octanol–water partition coefficient (Wildman–Crippen LogP) is 2.57. The molecule has 0 aliphatic carbocycles. The Kier molecular flexibility index (Phi) is 7.57. The number of carbonyl (C=O) groups excluding carboxylic acids is 2. The lowest BCUT2D eigenvalue weighted by atomic mass is 10.2. The van der Waals surface area contributed by atoms with Crippen LogP contribution in [0.3, 0.4) is 0 Å². The van der Waals surface area contributed by atoms with Gasteiger partial charge in [-0.1, -0.05) is 24.3 Å². The van der Waals surface area contributed by atoms with Crippen LogP contribution in [0, 0.1) is 5.82 Å². The molecule has 1 saturated heterocycles. The fraction of sp³-hybridized carbons (Fsp3) is 0.304. The molecule has 30 heavy (non-hydrogen) atoms. The Labute approximate surface area is 176 Å². The fourth-order valence-electron chi connectivity index (χ4n) is 3.29. The van der Waals surface area contributed by atoms with Gasteiger partial charge in [0.05, 0.1) is 6.54 Å². The largest absolute Gasteiger partial charge is 0.484 e. The number of hydrogen-bond donors (Lipinski definition) is 0. The first kappa shape index (κ1) is 21.5. The average molecular weight is 411 g/mol. The van der Waals surface area contributed by atoms with Crippen LogP contribution in [0.15, 0.2) is 67.3 Å². The summed E-state index contributed by atoms with van der Waals surface area (Å²) in [7, 11) is 0. The highest BCUT2D eigenvalue weighted by Crippen LogP contribution is 2.15.